The zero-order chi connectivity index (χ0) is 27.6. The summed E-state index contributed by atoms with van der Waals surface area (Å²) in [4.78, 5) is 21.8. The fourth-order valence-corrected chi connectivity index (χ4v) is 8.38. The highest BCUT2D eigenvalue weighted by molar-refractivity contribution is 6.34. The summed E-state index contributed by atoms with van der Waals surface area (Å²) in [7, 11) is 0. The number of carbonyl (C=O) groups is 1. The van der Waals surface area contributed by atoms with Gasteiger partial charge >= 0.3 is 0 Å². The molecular formula is C33H46ClN5O. The van der Waals surface area contributed by atoms with Crippen molar-refractivity contribution in [2.24, 2.45) is 11.8 Å². The highest BCUT2D eigenvalue weighted by Crippen LogP contribution is 2.44. The maximum absolute atomic E-state index is 14.6. The van der Waals surface area contributed by atoms with E-state index >= 15 is 0 Å². The first-order chi connectivity index (χ1) is 19.5. The Morgan fingerprint density at radius 1 is 0.950 bits per heavy atom. The van der Waals surface area contributed by atoms with E-state index in [1.807, 2.05) is 6.92 Å². The highest BCUT2D eigenvalue weighted by Gasteiger charge is 2.42. The Morgan fingerprint density at radius 3 is 2.15 bits per heavy atom. The van der Waals surface area contributed by atoms with Crippen LogP contribution < -0.4 is 0 Å². The lowest BCUT2D eigenvalue weighted by molar-refractivity contribution is -0.146. The van der Waals surface area contributed by atoms with Crippen LogP contribution in [0.2, 0.25) is 5.02 Å². The minimum Gasteiger partial charge on any atom is -0.336 e. The number of hydrogen-bond donors (Lipinski definition) is 1. The van der Waals surface area contributed by atoms with Crippen LogP contribution in [0, 0.1) is 18.8 Å². The molecule has 0 aliphatic heterocycles. The molecule has 7 heteroatoms. The molecule has 1 amide bonds. The van der Waals surface area contributed by atoms with Crippen molar-refractivity contribution in [3.63, 3.8) is 0 Å². The van der Waals surface area contributed by atoms with Crippen molar-refractivity contribution in [2.45, 2.75) is 128 Å². The Labute approximate surface area is 244 Å². The summed E-state index contributed by atoms with van der Waals surface area (Å²) in [5, 5.41) is 8.37. The van der Waals surface area contributed by atoms with Gasteiger partial charge in [-0.05, 0) is 69.3 Å². The quantitative estimate of drug-likeness (QED) is 0.313. The number of halogens is 1. The summed E-state index contributed by atoms with van der Waals surface area (Å²) in [5.74, 6) is 2.14. The molecule has 3 aromatic rings. The third-order valence-corrected chi connectivity index (χ3v) is 10.7. The van der Waals surface area contributed by atoms with E-state index in [0.717, 1.165) is 30.5 Å². The number of rotatable bonds is 7. The van der Waals surface area contributed by atoms with Crippen LogP contribution in [-0.2, 0) is 4.79 Å². The summed E-state index contributed by atoms with van der Waals surface area (Å²) in [5.41, 5.74) is 3.86. The maximum atomic E-state index is 14.6. The van der Waals surface area contributed by atoms with Gasteiger partial charge in [-0.1, -0.05) is 94.2 Å². The van der Waals surface area contributed by atoms with Gasteiger partial charge in [0.05, 0.1) is 5.69 Å². The van der Waals surface area contributed by atoms with Gasteiger partial charge in [0.1, 0.15) is 5.02 Å². The third-order valence-electron chi connectivity index (χ3n) is 10.3. The predicted octanol–water partition coefficient (Wildman–Crippen LogP) is 8.48. The highest BCUT2D eigenvalue weighted by atomic mass is 35.5. The van der Waals surface area contributed by atoms with Crippen molar-refractivity contribution >= 4 is 23.2 Å². The Hall–Kier alpha value is -2.34. The second-order valence-corrected chi connectivity index (χ2v) is 13.1. The van der Waals surface area contributed by atoms with Crippen molar-refractivity contribution in [3.8, 4) is 11.4 Å². The molecule has 2 aromatic heterocycles. The van der Waals surface area contributed by atoms with Gasteiger partial charge in [0, 0.05) is 23.6 Å². The van der Waals surface area contributed by atoms with Crippen LogP contribution in [0.4, 0.5) is 0 Å². The molecule has 6 nitrogen and oxygen atoms in total. The van der Waals surface area contributed by atoms with Crippen LogP contribution in [0.15, 0.2) is 24.3 Å². The normalized spacial score (nSPS) is 23.9. The van der Waals surface area contributed by atoms with E-state index in [9.17, 15) is 4.79 Å². The lowest BCUT2D eigenvalue weighted by Gasteiger charge is -2.46. The Kier molecular flexibility index (Phi) is 8.53. The molecule has 3 saturated carbocycles. The average molecular weight is 564 g/mol. The van der Waals surface area contributed by atoms with E-state index in [1.165, 1.54) is 82.6 Å². The van der Waals surface area contributed by atoms with Crippen LogP contribution in [-0.4, -0.2) is 42.7 Å². The summed E-state index contributed by atoms with van der Waals surface area (Å²) in [6.07, 6.45) is 18.3. The third kappa shape index (κ3) is 5.45. The number of aromatic amines is 1. The monoisotopic (exact) mass is 563 g/mol. The van der Waals surface area contributed by atoms with E-state index in [1.54, 1.807) is 4.63 Å². The van der Waals surface area contributed by atoms with E-state index < -0.39 is 0 Å². The zero-order valence-electron chi connectivity index (χ0n) is 24.4. The van der Waals surface area contributed by atoms with Crippen molar-refractivity contribution in [1.82, 2.24) is 24.7 Å². The molecule has 0 radical (unpaired) electrons. The molecule has 0 spiro atoms. The van der Waals surface area contributed by atoms with E-state index in [4.69, 9.17) is 11.6 Å². The first-order valence-corrected chi connectivity index (χ1v) is 16.5. The van der Waals surface area contributed by atoms with Gasteiger partial charge in [-0.15, -0.1) is 5.10 Å². The molecule has 6 rings (SSSR count). The summed E-state index contributed by atoms with van der Waals surface area (Å²) in [6, 6.07) is 9.73. The number of nitrogens with zero attached hydrogens (tertiary/aromatic N) is 4. The average Bonchev–Trinajstić information content (AvgIpc) is 3.53. The number of aryl methyl sites for hydroxylation is 1. The number of aromatic nitrogens is 4. The Morgan fingerprint density at radius 2 is 1.55 bits per heavy atom. The predicted molar refractivity (Wildman–Crippen MR) is 162 cm³/mol. The summed E-state index contributed by atoms with van der Waals surface area (Å²) >= 11 is 6.39. The number of carbonyl (C=O) groups excluding carboxylic acids is 1. The molecule has 3 atom stereocenters. The SMILES string of the molecule is CCC(c1ccc(-c2nc3c(Cl)c(C)[nH]n3n2)cc1)[C@H]1CCCC[C@H]1C(=O)N(C1CCCCC1)C1CCCCC1. The maximum Gasteiger partial charge on any atom is 0.226 e. The second kappa shape index (κ2) is 12.3. The molecule has 1 unspecified atom stereocenters. The number of benzene rings is 1. The van der Waals surface area contributed by atoms with Gasteiger partial charge in [0.25, 0.3) is 0 Å². The number of hydrogen-bond acceptors (Lipinski definition) is 3. The minimum absolute atomic E-state index is 0.156. The standard InChI is InChI=1S/C33H46ClN5O/c1-3-27(23-18-20-24(21-19-23)31-35-32-30(34)22(2)36-39(32)37-31)28-16-10-11-17-29(28)33(40)38(25-12-6-4-7-13-25)26-14-8-5-9-15-26/h18-21,25-29,36H,3-17H2,1-2H3/t27?,28-,29-/m1/s1. The molecule has 1 aromatic carbocycles. The fraction of sp³-hybridized carbons (Fsp3) is 0.667. The van der Waals surface area contributed by atoms with Gasteiger partial charge in [0.2, 0.25) is 5.91 Å². The number of amides is 1. The molecule has 1 N–H and O–H groups in total. The molecular weight excluding hydrogens is 518 g/mol. The summed E-state index contributed by atoms with van der Waals surface area (Å²) in [6.45, 7) is 4.23. The van der Waals surface area contributed by atoms with Crippen LogP contribution in [0.1, 0.15) is 120 Å². The largest absolute Gasteiger partial charge is 0.336 e. The molecule has 2 heterocycles. The molecule has 40 heavy (non-hydrogen) atoms. The lowest BCUT2D eigenvalue weighted by Crippen LogP contribution is -2.52. The van der Waals surface area contributed by atoms with Crippen LogP contribution in [0.25, 0.3) is 17.0 Å². The molecule has 0 bridgehead atoms. The topological polar surface area (TPSA) is 66.3 Å². The molecule has 3 fully saturated rings. The van der Waals surface area contributed by atoms with Gasteiger partial charge in [-0.25, -0.2) is 4.98 Å². The Bertz CT molecular complexity index is 1270. The summed E-state index contributed by atoms with van der Waals surface area (Å²) < 4.78 is 1.65. The van der Waals surface area contributed by atoms with Crippen molar-refractivity contribution in [2.75, 3.05) is 0 Å². The smallest absolute Gasteiger partial charge is 0.226 e. The Balaban J connectivity index is 1.24. The molecule has 0 saturated heterocycles. The van der Waals surface area contributed by atoms with E-state index in [0.29, 0.717) is 46.3 Å². The molecule has 216 valence electrons. The van der Waals surface area contributed by atoms with Crippen LogP contribution >= 0.6 is 11.6 Å². The van der Waals surface area contributed by atoms with E-state index in [-0.39, 0.29) is 5.92 Å². The van der Waals surface area contributed by atoms with Crippen molar-refractivity contribution in [3.05, 3.63) is 40.5 Å². The lowest BCUT2D eigenvalue weighted by atomic mass is 9.68. The van der Waals surface area contributed by atoms with Crippen LogP contribution in [0.5, 0.6) is 0 Å². The number of nitrogens with one attached hydrogen (secondary N) is 1. The van der Waals surface area contributed by atoms with Crippen LogP contribution in [0.3, 0.4) is 0 Å². The van der Waals surface area contributed by atoms with E-state index in [2.05, 4.69) is 51.3 Å². The van der Waals surface area contributed by atoms with Crippen molar-refractivity contribution < 1.29 is 4.79 Å². The van der Waals surface area contributed by atoms with Gasteiger partial charge < -0.3 is 4.90 Å². The first-order valence-electron chi connectivity index (χ1n) is 16.1. The fourth-order valence-electron chi connectivity index (χ4n) is 8.21. The second-order valence-electron chi connectivity index (χ2n) is 12.7. The number of fused-ring (bicyclic) bond motifs is 1. The van der Waals surface area contributed by atoms with Gasteiger partial charge in [-0.3, -0.25) is 9.89 Å². The van der Waals surface area contributed by atoms with Gasteiger partial charge in [-0.2, -0.15) is 4.63 Å². The van der Waals surface area contributed by atoms with Gasteiger partial charge in [0.15, 0.2) is 11.5 Å². The minimum atomic E-state index is 0.156. The van der Waals surface area contributed by atoms with Crippen molar-refractivity contribution in [1.29, 1.82) is 0 Å². The zero-order valence-corrected chi connectivity index (χ0v) is 25.1. The first kappa shape index (κ1) is 27.8. The molecule has 3 aliphatic carbocycles. The molecule has 3 aliphatic rings. The number of H-pyrrole nitrogens is 1.